The maximum absolute atomic E-state index is 4.56. The van der Waals surface area contributed by atoms with Gasteiger partial charge in [-0.2, -0.15) is 0 Å². The summed E-state index contributed by atoms with van der Waals surface area (Å²) >= 11 is 1.85. The van der Waals surface area contributed by atoms with Gasteiger partial charge >= 0.3 is 0 Å². The van der Waals surface area contributed by atoms with Crippen molar-refractivity contribution < 1.29 is 0 Å². The van der Waals surface area contributed by atoms with Gasteiger partial charge in [-0.15, -0.1) is 11.3 Å². The number of aromatic nitrogens is 2. The molecule has 2 aromatic rings. The van der Waals surface area contributed by atoms with Crippen LogP contribution in [-0.2, 0) is 19.4 Å². The van der Waals surface area contributed by atoms with Gasteiger partial charge in [0.2, 0.25) is 0 Å². The first kappa shape index (κ1) is 11.8. The number of hydrogen-bond donors (Lipinski definition) is 0. The first-order valence-corrected chi connectivity index (χ1v) is 7.25. The van der Waals surface area contributed by atoms with Gasteiger partial charge in [-0.3, -0.25) is 4.90 Å². The van der Waals surface area contributed by atoms with Crippen molar-refractivity contribution in [2.24, 2.45) is 0 Å². The topological polar surface area (TPSA) is 29.0 Å². The van der Waals surface area contributed by atoms with Gasteiger partial charge in [0.05, 0.1) is 5.69 Å². The van der Waals surface area contributed by atoms with Crippen LogP contribution in [0.3, 0.4) is 0 Å². The molecule has 3 nitrogen and oxygen atoms in total. The summed E-state index contributed by atoms with van der Waals surface area (Å²) in [4.78, 5) is 12.8. The van der Waals surface area contributed by atoms with Crippen molar-refractivity contribution in [2.45, 2.75) is 26.3 Å². The van der Waals surface area contributed by atoms with E-state index in [1.807, 2.05) is 24.5 Å². The quantitative estimate of drug-likeness (QED) is 0.848. The molecule has 1 aliphatic rings. The van der Waals surface area contributed by atoms with Gasteiger partial charge in [0, 0.05) is 30.7 Å². The molecule has 1 aliphatic heterocycles. The molecule has 0 aromatic carbocycles. The normalized spacial score (nSPS) is 15.6. The van der Waals surface area contributed by atoms with Gasteiger partial charge in [-0.1, -0.05) is 6.07 Å². The van der Waals surface area contributed by atoms with Crippen molar-refractivity contribution in [3.8, 4) is 0 Å². The maximum Gasteiger partial charge on any atom is 0.125 e. The van der Waals surface area contributed by atoms with Gasteiger partial charge in [0.25, 0.3) is 0 Å². The Morgan fingerprint density at radius 3 is 3.22 bits per heavy atom. The van der Waals surface area contributed by atoms with Crippen molar-refractivity contribution in [3.63, 3.8) is 0 Å². The highest BCUT2D eigenvalue weighted by Crippen LogP contribution is 2.17. The summed E-state index contributed by atoms with van der Waals surface area (Å²) in [5.41, 5.74) is 2.55. The van der Waals surface area contributed by atoms with Gasteiger partial charge in [-0.05, 0) is 36.8 Å². The molecule has 0 spiro atoms. The molecule has 0 N–H and O–H groups in total. The molecule has 0 atom stereocenters. The molecule has 0 saturated carbocycles. The standard InChI is InChI=1S/C14H17N3S/c1-11-15-9-12-4-6-17(10-14(12)16-11)7-5-13-3-2-8-18-13/h2-3,8-9H,4-7,10H2,1H3. The van der Waals surface area contributed by atoms with Crippen LogP contribution in [-0.4, -0.2) is 28.0 Å². The summed E-state index contributed by atoms with van der Waals surface area (Å²) in [7, 11) is 0. The van der Waals surface area contributed by atoms with Crippen molar-refractivity contribution in [2.75, 3.05) is 13.1 Å². The molecular formula is C14H17N3S. The number of fused-ring (bicyclic) bond motifs is 1. The minimum atomic E-state index is 0.883. The van der Waals surface area contributed by atoms with Crippen LogP contribution in [0.25, 0.3) is 0 Å². The van der Waals surface area contributed by atoms with E-state index in [-0.39, 0.29) is 0 Å². The summed E-state index contributed by atoms with van der Waals surface area (Å²) in [6.07, 6.45) is 4.23. The third-order valence-corrected chi connectivity index (χ3v) is 4.34. The van der Waals surface area contributed by atoms with E-state index >= 15 is 0 Å². The molecule has 3 rings (SSSR count). The highest BCUT2D eigenvalue weighted by atomic mass is 32.1. The lowest BCUT2D eigenvalue weighted by Gasteiger charge is -2.27. The Morgan fingerprint density at radius 1 is 1.44 bits per heavy atom. The lowest BCUT2D eigenvalue weighted by Crippen LogP contribution is -2.33. The van der Waals surface area contributed by atoms with E-state index < -0.39 is 0 Å². The average Bonchev–Trinajstić information content (AvgIpc) is 2.89. The van der Waals surface area contributed by atoms with Crippen LogP contribution < -0.4 is 0 Å². The van der Waals surface area contributed by atoms with Gasteiger partial charge in [-0.25, -0.2) is 9.97 Å². The third-order valence-electron chi connectivity index (χ3n) is 3.40. The maximum atomic E-state index is 4.56. The monoisotopic (exact) mass is 259 g/mol. The second kappa shape index (κ2) is 5.16. The smallest absolute Gasteiger partial charge is 0.125 e. The zero-order valence-electron chi connectivity index (χ0n) is 10.6. The predicted molar refractivity (Wildman–Crippen MR) is 73.8 cm³/mol. The lowest BCUT2D eigenvalue weighted by atomic mass is 10.1. The zero-order valence-corrected chi connectivity index (χ0v) is 11.4. The van der Waals surface area contributed by atoms with Crippen molar-refractivity contribution in [1.29, 1.82) is 0 Å². The van der Waals surface area contributed by atoms with Gasteiger partial charge in [0.15, 0.2) is 0 Å². The van der Waals surface area contributed by atoms with E-state index in [9.17, 15) is 0 Å². The SMILES string of the molecule is Cc1ncc2c(n1)CN(CCc1cccs1)CC2. The molecule has 0 fully saturated rings. The summed E-state index contributed by atoms with van der Waals surface area (Å²) in [6, 6.07) is 4.34. The van der Waals surface area contributed by atoms with E-state index in [1.54, 1.807) is 0 Å². The zero-order chi connectivity index (χ0) is 12.4. The molecule has 4 heteroatoms. The first-order valence-electron chi connectivity index (χ1n) is 6.37. The fourth-order valence-electron chi connectivity index (χ4n) is 2.37. The average molecular weight is 259 g/mol. The molecule has 0 radical (unpaired) electrons. The molecular weight excluding hydrogens is 242 g/mol. The first-order chi connectivity index (χ1) is 8.81. The van der Waals surface area contributed by atoms with E-state index in [0.29, 0.717) is 0 Å². The third kappa shape index (κ3) is 2.60. The minimum Gasteiger partial charge on any atom is -0.297 e. The van der Waals surface area contributed by atoms with Crippen molar-refractivity contribution in [1.82, 2.24) is 14.9 Å². The summed E-state index contributed by atoms with van der Waals surface area (Å²) in [6.45, 7) is 5.20. The van der Waals surface area contributed by atoms with E-state index in [2.05, 4.69) is 32.4 Å². The predicted octanol–water partition coefficient (Wildman–Crippen LogP) is 2.45. The van der Waals surface area contributed by atoms with Gasteiger partial charge in [0.1, 0.15) is 5.82 Å². The number of aryl methyl sites for hydroxylation is 1. The van der Waals surface area contributed by atoms with E-state index in [1.165, 1.54) is 16.1 Å². The van der Waals surface area contributed by atoms with Gasteiger partial charge < -0.3 is 0 Å². The van der Waals surface area contributed by atoms with Crippen LogP contribution >= 0.6 is 11.3 Å². The Kier molecular flexibility index (Phi) is 3.39. The summed E-state index contributed by atoms with van der Waals surface area (Å²) in [5, 5.41) is 2.15. The molecule has 0 bridgehead atoms. The molecule has 3 heterocycles. The Hall–Kier alpha value is -1.26. The molecule has 0 aliphatic carbocycles. The molecule has 94 valence electrons. The Labute approximate surface area is 112 Å². The van der Waals surface area contributed by atoms with Crippen molar-refractivity contribution in [3.05, 3.63) is 45.7 Å². The Bertz CT molecular complexity index is 522. The number of nitrogens with zero attached hydrogens (tertiary/aromatic N) is 3. The molecule has 2 aromatic heterocycles. The fourth-order valence-corrected chi connectivity index (χ4v) is 3.07. The van der Waals surface area contributed by atoms with E-state index in [4.69, 9.17) is 0 Å². The Morgan fingerprint density at radius 2 is 2.39 bits per heavy atom. The largest absolute Gasteiger partial charge is 0.297 e. The number of hydrogen-bond acceptors (Lipinski definition) is 4. The molecule has 0 saturated heterocycles. The number of thiophene rings is 1. The lowest BCUT2D eigenvalue weighted by molar-refractivity contribution is 0.253. The minimum absolute atomic E-state index is 0.883. The molecule has 18 heavy (non-hydrogen) atoms. The molecule has 0 unspecified atom stereocenters. The fraction of sp³-hybridized carbons (Fsp3) is 0.429. The highest BCUT2D eigenvalue weighted by molar-refractivity contribution is 7.09. The van der Waals surface area contributed by atoms with Crippen LogP contribution in [0, 0.1) is 6.92 Å². The summed E-state index contributed by atoms with van der Waals surface area (Å²) < 4.78 is 0. The molecule has 0 amide bonds. The van der Waals surface area contributed by atoms with Crippen LogP contribution in [0.1, 0.15) is 22.0 Å². The summed E-state index contributed by atoms with van der Waals surface area (Å²) in [5.74, 6) is 0.883. The van der Waals surface area contributed by atoms with Crippen molar-refractivity contribution >= 4 is 11.3 Å². The van der Waals surface area contributed by atoms with Crippen LogP contribution in [0.4, 0.5) is 0 Å². The second-order valence-electron chi connectivity index (χ2n) is 4.74. The van der Waals surface area contributed by atoms with E-state index in [0.717, 1.165) is 38.3 Å². The Balaban J connectivity index is 1.63. The van der Waals surface area contributed by atoms with Crippen LogP contribution in [0.15, 0.2) is 23.7 Å². The van der Waals surface area contributed by atoms with Crippen LogP contribution in [0.2, 0.25) is 0 Å². The van der Waals surface area contributed by atoms with Crippen LogP contribution in [0.5, 0.6) is 0 Å². The number of rotatable bonds is 3. The highest BCUT2D eigenvalue weighted by Gasteiger charge is 2.17. The second-order valence-corrected chi connectivity index (χ2v) is 5.78.